The topological polar surface area (TPSA) is 3.24 Å². The van der Waals surface area contributed by atoms with E-state index in [1.165, 1.54) is 5.57 Å². The minimum Gasteiger partial charge on any atom is -0.304 e. The fourth-order valence-electron chi connectivity index (χ4n) is 0.625. The van der Waals surface area contributed by atoms with Gasteiger partial charge in [-0.2, -0.15) is 0 Å². The molecule has 0 aliphatic carbocycles. The van der Waals surface area contributed by atoms with Gasteiger partial charge in [-0.25, -0.2) is 0 Å². The van der Waals surface area contributed by atoms with Crippen LogP contribution < -0.4 is 0 Å². The Morgan fingerprint density at radius 1 is 1.50 bits per heavy atom. The molecule has 0 aromatic rings. The van der Waals surface area contributed by atoms with Crippen molar-refractivity contribution in [3.63, 3.8) is 0 Å². The molecule has 0 fully saturated rings. The van der Waals surface area contributed by atoms with E-state index in [1.54, 1.807) is 0 Å². The zero-order valence-corrected chi connectivity index (χ0v) is 7.65. The fourth-order valence-corrected chi connectivity index (χ4v) is 0.625. The van der Waals surface area contributed by atoms with E-state index in [9.17, 15) is 0 Å². The van der Waals surface area contributed by atoms with E-state index >= 15 is 0 Å². The van der Waals surface area contributed by atoms with Crippen LogP contribution in [0.3, 0.4) is 0 Å². The third-order valence-electron chi connectivity index (χ3n) is 1.77. The molecule has 0 N–H and O–H groups in total. The van der Waals surface area contributed by atoms with Crippen molar-refractivity contribution in [1.29, 1.82) is 0 Å². The zero-order valence-electron chi connectivity index (χ0n) is 7.65. The highest BCUT2D eigenvalue weighted by Crippen LogP contribution is 2.00. The van der Waals surface area contributed by atoms with E-state index in [0.29, 0.717) is 6.04 Å². The van der Waals surface area contributed by atoms with Gasteiger partial charge in [-0.1, -0.05) is 5.57 Å². The van der Waals surface area contributed by atoms with Crippen LogP contribution in [-0.4, -0.2) is 24.5 Å². The Morgan fingerprint density at radius 2 is 2.00 bits per heavy atom. The monoisotopic (exact) mass is 141 g/mol. The van der Waals surface area contributed by atoms with Crippen LogP contribution in [0.5, 0.6) is 0 Å². The zero-order chi connectivity index (χ0) is 8.15. The van der Waals surface area contributed by atoms with Crippen LogP contribution in [0.1, 0.15) is 27.2 Å². The number of rotatable bonds is 4. The van der Waals surface area contributed by atoms with Crippen LogP contribution in [0.4, 0.5) is 0 Å². The van der Waals surface area contributed by atoms with Gasteiger partial charge < -0.3 is 4.90 Å². The van der Waals surface area contributed by atoms with Crippen LogP contribution in [-0.2, 0) is 0 Å². The molecule has 1 heteroatoms. The summed E-state index contributed by atoms with van der Waals surface area (Å²) >= 11 is 0. The normalized spacial score (nSPS) is 11.0. The maximum absolute atomic E-state index is 3.86. The van der Waals surface area contributed by atoms with Crippen molar-refractivity contribution in [3.8, 4) is 0 Å². The van der Waals surface area contributed by atoms with Gasteiger partial charge in [0.25, 0.3) is 0 Å². The van der Waals surface area contributed by atoms with Crippen molar-refractivity contribution in [2.24, 2.45) is 0 Å². The Hall–Kier alpha value is -0.300. The average Bonchev–Trinajstić information content (AvgIpc) is 1.82. The van der Waals surface area contributed by atoms with E-state index in [1.807, 2.05) is 0 Å². The van der Waals surface area contributed by atoms with Gasteiger partial charge >= 0.3 is 0 Å². The summed E-state index contributed by atoms with van der Waals surface area (Å²) in [6.07, 6.45) is 1.12. The summed E-state index contributed by atoms with van der Waals surface area (Å²) in [6.45, 7) is 11.5. The van der Waals surface area contributed by atoms with Gasteiger partial charge in [0.1, 0.15) is 0 Å². The largest absolute Gasteiger partial charge is 0.304 e. The predicted octanol–water partition coefficient (Wildman–Crippen LogP) is 2.29. The van der Waals surface area contributed by atoms with Gasteiger partial charge in [0, 0.05) is 12.6 Å². The highest BCUT2D eigenvalue weighted by molar-refractivity contribution is 4.88. The molecule has 0 unspecified atom stereocenters. The minimum atomic E-state index is 0.652. The lowest BCUT2D eigenvalue weighted by Gasteiger charge is -2.20. The summed E-state index contributed by atoms with van der Waals surface area (Å²) < 4.78 is 0. The molecule has 0 spiro atoms. The number of hydrogen-bond donors (Lipinski definition) is 0. The quantitative estimate of drug-likeness (QED) is 0.543. The van der Waals surface area contributed by atoms with E-state index in [-0.39, 0.29) is 0 Å². The third-order valence-corrected chi connectivity index (χ3v) is 1.77. The second-order valence-corrected chi connectivity index (χ2v) is 3.28. The summed E-state index contributed by atoms with van der Waals surface area (Å²) in [6, 6.07) is 0.652. The van der Waals surface area contributed by atoms with Crippen molar-refractivity contribution in [2.75, 3.05) is 13.6 Å². The van der Waals surface area contributed by atoms with Crippen molar-refractivity contribution >= 4 is 0 Å². The predicted molar refractivity (Wildman–Crippen MR) is 47.2 cm³/mol. The first-order valence-electron chi connectivity index (χ1n) is 3.88. The van der Waals surface area contributed by atoms with Crippen molar-refractivity contribution in [1.82, 2.24) is 4.90 Å². The van der Waals surface area contributed by atoms with Crippen molar-refractivity contribution in [2.45, 2.75) is 33.2 Å². The molecule has 0 heterocycles. The standard InChI is InChI=1S/C9H19N/c1-8(2)6-7-10(5)9(3)4/h9H,1,6-7H2,2-5H3. The maximum atomic E-state index is 3.86. The SMILES string of the molecule is C=C(C)CCN(C)C(C)C. The Bertz CT molecular complexity index is 105. The van der Waals surface area contributed by atoms with Gasteiger partial charge in [-0.15, -0.1) is 6.58 Å². The molecule has 60 valence electrons. The highest BCUT2D eigenvalue weighted by atomic mass is 15.1. The molecular weight excluding hydrogens is 122 g/mol. The lowest BCUT2D eigenvalue weighted by molar-refractivity contribution is 0.277. The summed E-state index contributed by atoms with van der Waals surface area (Å²) in [5.41, 5.74) is 1.27. The van der Waals surface area contributed by atoms with E-state index in [4.69, 9.17) is 0 Å². The summed E-state index contributed by atoms with van der Waals surface area (Å²) in [5, 5.41) is 0. The van der Waals surface area contributed by atoms with E-state index in [0.717, 1.165) is 13.0 Å². The molecule has 0 aliphatic rings. The first kappa shape index (κ1) is 9.70. The number of hydrogen-bond acceptors (Lipinski definition) is 1. The van der Waals surface area contributed by atoms with Gasteiger partial charge in [0.05, 0.1) is 0 Å². The molecule has 0 atom stereocenters. The van der Waals surface area contributed by atoms with E-state index < -0.39 is 0 Å². The minimum absolute atomic E-state index is 0.652. The van der Waals surface area contributed by atoms with Gasteiger partial charge in [0.2, 0.25) is 0 Å². The second-order valence-electron chi connectivity index (χ2n) is 3.28. The average molecular weight is 141 g/mol. The molecule has 0 aromatic carbocycles. The van der Waals surface area contributed by atoms with Crippen LogP contribution in [0.2, 0.25) is 0 Å². The Labute approximate surface area is 64.7 Å². The maximum Gasteiger partial charge on any atom is 0.00356 e. The molecule has 0 saturated carbocycles. The fraction of sp³-hybridized carbons (Fsp3) is 0.778. The molecule has 10 heavy (non-hydrogen) atoms. The van der Waals surface area contributed by atoms with Gasteiger partial charge in [0.15, 0.2) is 0 Å². The van der Waals surface area contributed by atoms with Crippen LogP contribution in [0.25, 0.3) is 0 Å². The Balaban J connectivity index is 3.39. The second kappa shape index (κ2) is 4.51. The van der Waals surface area contributed by atoms with Gasteiger partial charge in [-0.05, 0) is 34.2 Å². The van der Waals surface area contributed by atoms with Crippen LogP contribution in [0.15, 0.2) is 12.2 Å². The molecule has 0 aromatic heterocycles. The molecule has 0 rings (SSSR count). The molecule has 0 bridgehead atoms. The first-order chi connectivity index (χ1) is 4.54. The summed E-state index contributed by atoms with van der Waals surface area (Å²) in [5.74, 6) is 0. The summed E-state index contributed by atoms with van der Waals surface area (Å²) in [4.78, 5) is 2.33. The highest BCUT2D eigenvalue weighted by Gasteiger charge is 2.00. The smallest absolute Gasteiger partial charge is 0.00356 e. The Morgan fingerprint density at radius 3 is 2.30 bits per heavy atom. The molecular formula is C9H19N. The third kappa shape index (κ3) is 4.57. The van der Waals surface area contributed by atoms with Crippen LogP contribution >= 0.6 is 0 Å². The lowest BCUT2D eigenvalue weighted by Crippen LogP contribution is -2.27. The molecule has 0 aliphatic heterocycles. The van der Waals surface area contributed by atoms with Gasteiger partial charge in [-0.3, -0.25) is 0 Å². The van der Waals surface area contributed by atoms with Crippen molar-refractivity contribution in [3.05, 3.63) is 12.2 Å². The molecule has 1 nitrogen and oxygen atoms in total. The van der Waals surface area contributed by atoms with Crippen molar-refractivity contribution < 1.29 is 0 Å². The van der Waals surface area contributed by atoms with E-state index in [2.05, 4.69) is 39.3 Å². The molecule has 0 saturated heterocycles. The molecule has 0 radical (unpaired) electrons. The van der Waals surface area contributed by atoms with Crippen LogP contribution in [0, 0.1) is 0 Å². The lowest BCUT2D eigenvalue weighted by atomic mass is 10.2. The molecule has 0 amide bonds. The number of nitrogens with zero attached hydrogens (tertiary/aromatic N) is 1. The summed E-state index contributed by atoms with van der Waals surface area (Å²) in [7, 11) is 2.15. The first-order valence-corrected chi connectivity index (χ1v) is 3.88. The Kier molecular flexibility index (Phi) is 4.37.